The lowest BCUT2D eigenvalue weighted by Crippen LogP contribution is -2.34. The van der Waals surface area contributed by atoms with E-state index in [9.17, 15) is 9.18 Å². The third kappa shape index (κ3) is 6.06. The monoisotopic (exact) mass is 476 g/mol. The molecule has 1 aromatic heterocycles. The van der Waals surface area contributed by atoms with Crippen molar-refractivity contribution in [2.24, 2.45) is 0 Å². The van der Waals surface area contributed by atoms with Crippen molar-refractivity contribution in [3.8, 4) is 17.5 Å². The largest absolute Gasteiger partial charge is 0.348 e. The molecule has 7 nitrogen and oxygen atoms in total. The molecule has 0 fully saturated rings. The molecule has 184 valence electrons. The van der Waals surface area contributed by atoms with Crippen LogP contribution in [0.25, 0.3) is 17.1 Å². The van der Waals surface area contributed by atoms with Crippen LogP contribution in [-0.2, 0) is 0 Å². The molecule has 1 amide bonds. The number of carbonyl (C=O) groups excluding carboxylic acids is 1. The Bertz CT molecular complexity index is 1220. The third-order valence-corrected chi connectivity index (χ3v) is 5.91. The van der Waals surface area contributed by atoms with Crippen LogP contribution >= 0.6 is 0 Å². The summed E-state index contributed by atoms with van der Waals surface area (Å²) in [6.07, 6.45) is 10.6. The first-order chi connectivity index (χ1) is 16.8. The summed E-state index contributed by atoms with van der Waals surface area (Å²) in [5.41, 5.74) is 6.40. The van der Waals surface area contributed by atoms with Crippen molar-refractivity contribution < 1.29 is 9.18 Å². The van der Waals surface area contributed by atoms with Crippen LogP contribution in [0.2, 0.25) is 0 Å². The first-order valence-electron chi connectivity index (χ1n) is 11.9. The number of nitriles is 1. The van der Waals surface area contributed by atoms with E-state index in [4.69, 9.17) is 10.2 Å². The van der Waals surface area contributed by atoms with E-state index in [2.05, 4.69) is 17.7 Å². The van der Waals surface area contributed by atoms with Gasteiger partial charge in [-0.25, -0.2) is 14.8 Å². The number of nitrogens with one attached hydrogen (secondary N) is 2. The highest BCUT2D eigenvalue weighted by Crippen LogP contribution is 2.29. The lowest BCUT2D eigenvalue weighted by Gasteiger charge is -2.15. The van der Waals surface area contributed by atoms with Gasteiger partial charge in [0.25, 0.3) is 5.91 Å². The van der Waals surface area contributed by atoms with Gasteiger partial charge < -0.3 is 10.3 Å². The summed E-state index contributed by atoms with van der Waals surface area (Å²) in [4.78, 5) is 18.0. The highest BCUT2D eigenvalue weighted by Gasteiger charge is 2.24. The van der Waals surface area contributed by atoms with Gasteiger partial charge in [-0.1, -0.05) is 26.3 Å². The number of carbonyl (C=O) groups is 1. The fourth-order valence-corrected chi connectivity index (χ4v) is 4.14. The van der Waals surface area contributed by atoms with Crippen LogP contribution in [0.15, 0.2) is 48.2 Å². The average molecular weight is 477 g/mol. The number of aromatic nitrogens is 2. The van der Waals surface area contributed by atoms with E-state index in [1.807, 2.05) is 67.9 Å². The lowest BCUT2D eigenvalue weighted by atomic mass is 10.1. The Morgan fingerprint density at radius 1 is 1.34 bits per heavy atom. The Morgan fingerprint density at radius 2 is 2.11 bits per heavy atom. The molecule has 0 saturated carbocycles. The van der Waals surface area contributed by atoms with Crippen LogP contribution in [0.4, 0.5) is 4.39 Å². The molecule has 2 heterocycles. The van der Waals surface area contributed by atoms with Gasteiger partial charge in [-0.15, -0.1) is 0 Å². The van der Waals surface area contributed by atoms with Crippen LogP contribution in [0.3, 0.4) is 0 Å². The zero-order chi connectivity index (χ0) is 25.5. The molecule has 1 aliphatic heterocycles. The minimum Gasteiger partial charge on any atom is -0.348 e. The van der Waals surface area contributed by atoms with Crippen LogP contribution in [0.1, 0.15) is 61.8 Å². The summed E-state index contributed by atoms with van der Waals surface area (Å²) in [6.45, 7) is 8.56. The summed E-state index contributed by atoms with van der Waals surface area (Å²) >= 11 is 0. The van der Waals surface area contributed by atoms with E-state index in [0.29, 0.717) is 29.3 Å². The second kappa shape index (κ2) is 11.6. The minimum absolute atomic E-state index is 0.0404. The summed E-state index contributed by atoms with van der Waals surface area (Å²) in [7, 11) is 1.92. The smallest absolute Gasteiger partial charge is 0.272 e. The minimum atomic E-state index is -0.627. The molecule has 0 aliphatic carbocycles. The van der Waals surface area contributed by atoms with Crippen LogP contribution in [0.5, 0.6) is 0 Å². The molecule has 1 aromatic carbocycles. The van der Waals surface area contributed by atoms with Crippen molar-refractivity contribution in [2.75, 3.05) is 13.6 Å². The number of imidazole rings is 1. The van der Waals surface area contributed by atoms with E-state index in [1.165, 1.54) is 12.1 Å². The maximum Gasteiger partial charge on any atom is 0.272 e. The number of rotatable bonds is 7. The molecular weight excluding hydrogens is 443 g/mol. The fraction of sp³-hybridized carbons (Fsp3) is 0.370. The Kier molecular flexibility index (Phi) is 8.61. The van der Waals surface area contributed by atoms with E-state index in [1.54, 1.807) is 6.07 Å². The van der Waals surface area contributed by atoms with Crippen LogP contribution in [-0.4, -0.2) is 40.1 Å². The van der Waals surface area contributed by atoms with E-state index in [-0.39, 0.29) is 17.5 Å². The number of benzene rings is 1. The molecule has 0 saturated heterocycles. The van der Waals surface area contributed by atoms with Gasteiger partial charge >= 0.3 is 0 Å². The molecule has 1 unspecified atom stereocenters. The van der Waals surface area contributed by atoms with Crippen LogP contribution < -0.4 is 10.7 Å². The van der Waals surface area contributed by atoms with E-state index >= 15 is 0 Å². The van der Waals surface area contributed by atoms with Gasteiger partial charge in [0.2, 0.25) is 0 Å². The molecule has 8 heteroatoms. The van der Waals surface area contributed by atoms with Gasteiger partial charge in [0, 0.05) is 37.1 Å². The van der Waals surface area contributed by atoms with Gasteiger partial charge in [-0.2, -0.15) is 5.26 Å². The first-order valence-corrected chi connectivity index (χ1v) is 11.9. The summed E-state index contributed by atoms with van der Waals surface area (Å²) in [5.74, 6) is -0.444. The van der Waals surface area contributed by atoms with Gasteiger partial charge in [0.05, 0.1) is 11.3 Å². The van der Waals surface area contributed by atoms with E-state index in [0.717, 1.165) is 30.5 Å². The zero-order valence-corrected chi connectivity index (χ0v) is 21.0. The quantitative estimate of drug-likeness (QED) is 0.592. The average Bonchev–Trinajstić information content (AvgIpc) is 3.20. The first kappa shape index (κ1) is 25.9. The zero-order valence-electron chi connectivity index (χ0n) is 21.0. The highest BCUT2D eigenvalue weighted by molar-refractivity contribution is 5.95. The maximum absolute atomic E-state index is 14.6. The number of amides is 1. The van der Waals surface area contributed by atoms with Crippen molar-refractivity contribution in [3.05, 3.63) is 71.0 Å². The van der Waals surface area contributed by atoms with Crippen molar-refractivity contribution in [2.45, 2.75) is 53.0 Å². The molecule has 35 heavy (non-hydrogen) atoms. The van der Waals surface area contributed by atoms with Crippen molar-refractivity contribution in [3.63, 3.8) is 0 Å². The van der Waals surface area contributed by atoms with Gasteiger partial charge in [-0.05, 0) is 62.6 Å². The number of hydrazine groups is 1. The molecule has 2 N–H and O–H groups in total. The maximum atomic E-state index is 14.6. The molecule has 3 rings (SSSR count). The van der Waals surface area contributed by atoms with Gasteiger partial charge in [0.15, 0.2) is 0 Å². The number of halogens is 1. The molecule has 1 atom stereocenters. The normalized spacial score (nSPS) is 16.3. The van der Waals surface area contributed by atoms with Crippen molar-refractivity contribution in [1.29, 1.82) is 5.26 Å². The summed E-state index contributed by atoms with van der Waals surface area (Å²) < 4.78 is 16.4. The Balaban J connectivity index is 2.20. The molecular formula is C27H33FN6O. The number of hydrogen-bond acceptors (Lipinski definition) is 5. The SMILES string of the molecule is CCCC(CC)NC(=O)c1nc(-c2ccc(C#N)c(F)c2)n(C2=C/C(C)=C/N(C)NCC=C2)c1C. The summed E-state index contributed by atoms with van der Waals surface area (Å²) in [5, 5.41) is 14.1. The topological polar surface area (TPSA) is 86.0 Å². The molecule has 0 bridgehead atoms. The standard InChI is InChI=1S/C27H33FN6O/c1-6-9-22(7-2)31-27(35)25-19(4)34(23-10-8-13-30-33(5)17-18(3)14-23)26(32-25)20-11-12-21(16-29)24(28)15-20/h8,10-12,14-15,17,22,30H,6-7,9,13H2,1-5H3,(H,31,35)/b10-8?,18-17+,23-14?. The second-order valence-electron chi connectivity index (χ2n) is 8.70. The number of hydrogen-bond donors (Lipinski definition) is 2. The lowest BCUT2D eigenvalue weighted by molar-refractivity contribution is 0.0928. The van der Waals surface area contributed by atoms with E-state index < -0.39 is 5.82 Å². The van der Waals surface area contributed by atoms with Crippen molar-refractivity contribution >= 4 is 11.6 Å². The number of allylic oxidation sites excluding steroid dienone is 4. The molecule has 2 aromatic rings. The molecule has 0 spiro atoms. The van der Waals surface area contributed by atoms with Crippen molar-refractivity contribution in [1.82, 2.24) is 25.3 Å². The molecule has 0 radical (unpaired) electrons. The van der Waals surface area contributed by atoms with Gasteiger partial charge in [0.1, 0.15) is 23.4 Å². The fourth-order valence-electron chi connectivity index (χ4n) is 4.14. The third-order valence-electron chi connectivity index (χ3n) is 5.91. The van der Waals surface area contributed by atoms with Gasteiger partial charge in [-0.3, -0.25) is 9.36 Å². The van der Waals surface area contributed by atoms with Crippen LogP contribution in [0, 0.1) is 24.1 Å². The predicted molar refractivity (Wildman–Crippen MR) is 136 cm³/mol. The number of nitrogens with zero attached hydrogens (tertiary/aromatic N) is 4. The summed E-state index contributed by atoms with van der Waals surface area (Å²) in [6, 6.07) is 6.30. The Hall–Kier alpha value is -3.70. The second-order valence-corrected chi connectivity index (χ2v) is 8.70. The molecule has 1 aliphatic rings. The Labute approximate surface area is 206 Å². The highest BCUT2D eigenvalue weighted by atomic mass is 19.1. The Morgan fingerprint density at radius 3 is 2.77 bits per heavy atom. The predicted octanol–water partition coefficient (Wildman–Crippen LogP) is 4.93.